The number of ether oxygens (including phenoxy) is 2. The summed E-state index contributed by atoms with van der Waals surface area (Å²) in [5, 5.41) is 9.15. The number of carbonyl (C=O) groups is 2. The van der Waals surface area contributed by atoms with Gasteiger partial charge in [-0.3, -0.25) is 14.9 Å². The highest BCUT2D eigenvalue weighted by atomic mass is 19.4. The van der Waals surface area contributed by atoms with E-state index in [1.54, 1.807) is 22.9 Å². The Morgan fingerprint density at radius 2 is 2.06 bits per heavy atom. The molecule has 172 valence electrons. The Kier molecular flexibility index (Phi) is 5.90. The third-order valence-corrected chi connectivity index (χ3v) is 4.90. The summed E-state index contributed by atoms with van der Waals surface area (Å²) in [6.45, 7) is -0.453. The van der Waals surface area contributed by atoms with Gasteiger partial charge in [-0.25, -0.2) is 4.68 Å². The van der Waals surface area contributed by atoms with Crippen molar-refractivity contribution in [3.63, 3.8) is 0 Å². The van der Waals surface area contributed by atoms with E-state index in [0.717, 1.165) is 12.1 Å². The molecule has 12 heteroatoms. The number of nitrogens with one attached hydrogen (secondary N) is 2. The van der Waals surface area contributed by atoms with Gasteiger partial charge in [0.2, 0.25) is 11.9 Å². The van der Waals surface area contributed by atoms with Crippen molar-refractivity contribution in [2.75, 3.05) is 24.4 Å². The highest BCUT2D eigenvalue weighted by molar-refractivity contribution is 5.92. The summed E-state index contributed by atoms with van der Waals surface area (Å²) in [5.74, 6) is 0.0519. The number of alkyl halides is 3. The number of anilines is 2. The van der Waals surface area contributed by atoms with Gasteiger partial charge in [0, 0.05) is 5.69 Å². The van der Waals surface area contributed by atoms with E-state index in [-0.39, 0.29) is 23.8 Å². The molecule has 0 fully saturated rings. The van der Waals surface area contributed by atoms with Gasteiger partial charge >= 0.3 is 6.18 Å². The van der Waals surface area contributed by atoms with E-state index in [4.69, 9.17) is 9.47 Å². The van der Waals surface area contributed by atoms with E-state index in [2.05, 4.69) is 20.7 Å². The molecule has 2 N–H and O–H groups in total. The summed E-state index contributed by atoms with van der Waals surface area (Å²) in [6.07, 6.45) is -3.02. The van der Waals surface area contributed by atoms with Crippen molar-refractivity contribution in [3.8, 4) is 11.5 Å². The van der Waals surface area contributed by atoms with Crippen LogP contribution in [0.3, 0.4) is 0 Å². The van der Waals surface area contributed by atoms with Crippen molar-refractivity contribution < 1.29 is 32.2 Å². The molecule has 3 aromatic rings. The molecule has 2 amide bonds. The molecule has 0 spiro atoms. The van der Waals surface area contributed by atoms with E-state index in [1.807, 2.05) is 0 Å². The Morgan fingerprint density at radius 1 is 1.24 bits per heavy atom. The van der Waals surface area contributed by atoms with Crippen LogP contribution in [0.5, 0.6) is 11.5 Å². The Hall–Kier alpha value is -4.09. The molecule has 0 bridgehead atoms. The molecule has 1 aromatic heterocycles. The van der Waals surface area contributed by atoms with Gasteiger partial charge in [-0.05, 0) is 35.9 Å². The van der Waals surface area contributed by atoms with E-state index in [0.29, 0.717) is 17.3 Å². The smallest absolute Gasteiger partial charge is 0.416 e. The predicted octanol–water partition coefficient (Wildman–Crippen LogP) is 3.25. The fraction of sp³-hybridized carbons (Fsp3) is 0.238. The van der Waals surface area contributed by atoms with E-state index >= 15 is 0 Å². The normalized spacial score (nSPS) is 15.4. The molecule has 0 saturated carbocycles. The van der Waals surface area contributed by atoms with Crippen LogP contribution in [0.1, 0.15) is 23.6 Å². The quantitative estimate of drug-likeness (QED) is 0.584. The van der Waals surface area contributed by atoms with Crippen LogP contribution in [0.2, 0.25) is 0 Å². The van der Waals surface area contributed by atoms with Gasteiger partial charge in [0.05, 0.1) is 25.1 Å². The van der Waals surface area contributed by atoms with Crippen LogP contribution in [-0.2, 0) is 15.8 Å². The molecular weight excluding hydrogens is 443 g/mol. The highest BCUT2D eigenvalue weighted by Gasteiger charge is 2.31. The highest BCUT2D eigenvalue weighted by Crippen LogP contribution is 2.35. The van der Waals surface area contributed by atoms with Gasteiger partial charge in [0.25, 0.3) is 5.91 Å². The maximum Gasteiger partial charge on any atom is 0.416 e. The van der Waals surface area contributed by atoms with Crippen LogP contribution in [-0.4, -0.2) is 40.3 Å². The number of fused-ring (bicyclic) bond motifs is 1. The van der Waals surface area contributed by atoms with Crippen molar-refractivity contribution in [1.29, 1.82) is 0 Å². The second-order valence-corrected chi connectivity index (χ2v) is 7.12. The molecule has 0 saturated heterocycles. The minimum Gasteiger partial charge on any atom is -0.493 e. The molecule has 9 nitrogen and oxygen atoms in total. The number of amides is 2. The average Bonchev–Trinajstić information content (AvgIpc) is 3.25. The Morgan fingerprint density at radius 3 is 2.82 bits per heavy atom. The van der Waals surface area contributed by atoms with Crippen LogP contribution >= 0.6 is 0 Å². The third-order valence-electron chi connectivity index (χ3n) is 4.90. The zero-order valence-electron chi connectivity index (χ0n) is 17.2. The zero-order chi connectivity index (χ0) is 23.6. The fourth-order valence-corrected chi connectivity index (χ4v) is 3.39. The number of carbonyl (C=O) groups excluding carboxylic acids is 2. The third kappa shape index (κ3) is 4.89. The van der Waals surface area contributed by atoms with E-state index in [9.17, 15) is 22.8 Å². The number of hydrogen-bond acceptors (Lipinski definition) is 6. The summed E-state index contributed by atoms with van der Waals surface area (Å²) in [4.78, 5) is 28.2. The number of aromatic nitrogens is 3. The lowest BCUT2D eigenvalue weighted by molar-refractivity contribution is -0.137. The lowest BCUT2D eigenvalue weighted by Crippen LogP contribution is -2.29. The summed E-state index contributed by atoms with van der Waals surface area (Å²) in [6, 6.07) is 8.85. The number of nitrogens with zero attached hydrogens (tertiary/aromatic N) is 3. The SMILES string of the molecule is COc1cc([C@@H]2CC(=O)Nc3ncnn32)ccc1OCC(=O)Nc1cccc(C(F)(F)F)c1. The van der Waals surface area contributed by atoms with Crippen molar-refractivity contribution in [1.82, 2.24) is 14.8 Å². The Bertz CT molecular complexity index is 1190. The average molecular weight is 461 g/mol. The largest absolute Gasteiger partial charge is 0.493 e. The molecule has 1 atom stereocenters. The van der Waals surface area contributed by atoms with Crippen molar-refractivity contribution in [3.05, 3.63) is 59.9 Å². The van der Waals surface area contributed by atoms with E-state index < -0.39 is 30.3 Å². The molecule has 2 aromatic carbocycles. The maximum atomic E-state index is 12.8. The first-order chi connectivity index (χ1) is 15.7. The zero-order valence-corrected chi connectivity index (χ0v) is 17.2. The van der Waals surface area contributed by atoms with Crippen molar-refractivity contribution >= 4 is 23.5 Å². The molecule has 1 aliphatic heterocycles. The topological polar surface area (TPSA) is 107 Å². The molecule has 0 aliphatic carbocycles. The molecule has 0 radical (unpaired) electrons. The first kappa shape index (κ1) is 22.1. The molecule has 2 heterocycles. The molecule has 33 heavy (non-hydrogen) atoms. The first-order valence-electron chi connectivity index (χ1n) is 9.72. The number of hydrogen-bond donors (Lipinski definition) is 2. The van der Waals surface area contributed by atoms with Gasteiger partial charge in [-0.1, -0.05) is 12.1 Å². The minimum absolute atomic E-state index is 0.0000469. The predicted molar refractivity (Wildman–Crippen MR) is 110 cm³/mol. The summed E-state index contributed by atoms with van der Waals surface area (Å²) >= 11 is 0. The monoisotopic (exact) mass is 461 g/mol. The van der Waals surface area contributed by atoms with Crippen LogP contribution in [0.15, 0.2) is 48.8 Å². The van der Waals surface area contributed by atoms with E-state index in [1.165, 1.54) is 25.6 Å². The lowest BCUT2D eigenvalue weighted by atomic mass is 10.0. The van der Waals surface area contributed by atoms with Crippen LogP contribution in [0.25, 0.3) is 0 Å². The van der Waals surface area contributed by atoms with Crippen LogP contribution < -0.4 is 20.1 Å². The van der Waals surface area contributed by atoms with Gasteiger partial charge in [-0.2, -0.15) is 23.3 Å². The number of rotatable bonds is 6. The second-order valence-electron chi connectivity index (χ2n) is 7.12. The maximum absolute atomic E-state index is 12.8. The standard InChI is InChI=1S/C21H18F3N5O4/c1-32-17-7-12(15-9-18(30)28-20-25-11-26-29(15)20)5-6-16(17)33-10-19(31)27-14-4-2-3-13(8-14)21(22,23)24/h2-8,11,15H,9-10H2,1H3,(H,27,31)(H,25,26,28,30)/t15-/m0/s1. The summed E-state index contributed by atoms with van der Waals surface area (Å²) in [7, 11) is 1.42. The fourth-order valence-electron chi connectivity index (χ4n) is 3.39. The lowest BCUT2D eigenvalue weighted by Gasteiger charge is -2.24. The number of halogens is 3. The van der Waals surface area contributed by atoms with Crippen LogP contribution in [0, 0.1) is 0 Å². The van der Waals surface area contributed by atoms with Gasteiger partial charge in [-0.15, -0.1) is 0 Å². The molecule has 0 unspecified atom stereocenters. The Labute approximate surface area is 185 Å². The summed E-state index contributed by atoms with van der Waals surface area (Å²) in [5.41, 5.74) is -0.153. The molecule has 4 rings (SSSR count). The van der Waals surface area contributed by atoms with Gasteiger partial charge < -0.3 is 14.8 Å². The number of benzene rings is 2. The molecular formula is C21H18F3N5O4. The summed E-state index contributed by atoms with van der Waals surface area (Å²) < 4.78 is 50.9. The van der Waals surface area contributed by atoms with Crippen molar-refractivity contribution in [2.24, 2.45) is 0 Å². The van der Waals surface area contributed by atoms with Gasteiger partial charge in [0.1, 0.15) is 6.33 Å². The Balaban J connectivity index is 1.44. The van der Waals surface area contributed by atoms with Crippen LogP contribution in [0.4, 0.5) is 24.8 Å². The first-order valence-corrected chi connectivity index (χ1v) is 9.72. The molecule has 1 aliphatic rings. The van der Waals surface area contributed by atoms with Gasteiger partial charge in [0.15, 0.2) is 18.1 Å². The number of methoxy groups -OCH3 is 1. The van der Waals surface area contributed by atoms with Crippen molar-refractivity contribution in [2.45, 2.75) is 18.6 Å². The second kappa shape index (κ2) is 8.81. The minimum atomic E-state index is -4.52.